The first-order chi connectivity index (χ1) is 10.1. The molecule has 0 aliphatic rings. The summed E-state index contributed by atoms with van der Waals surface area (Å²) in [5, 5.41) is 3.23. The Morgan fingerprint density at radius 3 is 2.05 bits per heavy atom. The molecule has 0 saturated carbocycles. The van der Waals surface area contributed by atoms with E-state index >= 15 is 0 Å². The quantitative estimate of drug-likeness (QED) is 0.523. The highest BCUT2D eigenvalue weighted by molar-refractivity contribution is 5.76. The Morgan fingerprint density at radius 2 is 1.57 bits per heavy atom. The fourth-order valence-corrected chi connectivity index (χ4v) is 2.41. The Bertz CT molecular complexity index is 258. The summed E-state index contributed by atoms with van der Waals surface area (Å²) < 4.78 is 5.14. The zero-order valence-electron chi connectivity index (χ0n) is 14.7. The summed E-state index contributed by atoms with van der Waals surface area (Å²) in [6.45, 7) is 17.7. The van der Waals surface area contributed by atoms with Crippen molar-refractivity contribution in [1.82, 2.24) is 15.1 Å². The lowest BCUT2D eigenvalue weighted by atomic mass is 10.2. The molecular weight excluding hydrogens is 266 g/mol. The predicted octanol–water partition coefficient (Wildman–Crippen LogP) is 1.58. The van der Waals surface area contributed by atoms with Gasteiger partial charge >= 0.3 is 5.97 Å². The molecule has 0 aliphatic carbocycles. The zero-order valence-corrected chi connectivity index (χ0v) is 14.7. The highest BCUT2D eigenvalue weighted by Gasteiger charge is 2.21. The van der Waals surface area contributed by atoms with Gasteiger partial charge < -0.3 is 19.9 Å². The van der Waals surface area contributed by atoms with Gasteiger partial charge in [-0.15, -0.1) is 0 Å². The second-order valence-electron chi connectivity index (χ2n) is 5.14. The molecule has 0 aromatic heterocycles. The van der Waals surface area contributed by atoms with Gasteiger partial charge in [-0.1, -0.05) is 27.7 Å². The van der Waals surface area contributed by atoms with Crippen molar-refractivity contribution in [3.8, 4) is 0 Å². The number of hydrogen-bond acceptors (Lipinski definition) is 5. The van der Waals surface area contributed by atoms with Gasteiger partial charge in [-0.05, 0) is 52.6 Å². The van der Waals surface area contributed by atoms with Crippen LogP contribution in [0.25, 0.3) is 0 Å². The predicted molar refractivity (Wildman–Crippen MR) is 88.6 cm³/mol. The number of rotatable bonds is 13. The third kappa shape index (κ3) is 9.06. The number of carbonyl (C=O) groups excluding carboxylic acids is 1. The van der Waals surface area contributed by atoms with E-state index in [0.717, 1.165) is 52.2 Å². The van der Waals surface area contributed by atoms with Gasteiger partial charge in [-0.2, -0.15) is 0 Å². The molecule has 5 nitrogen and oxygen atoms in total. The lowest BCUT2D eigenvalue weighted by molar-refractivity contribution is -0.146. The Kier molecular flexibility index (Phi) is 12.6. The largest absolute Gasteiger partial charge is 0.465 e. The van der Waals surface area contributed by atoms with E-state index in [9.17, 15) is 4.79 Å². The number of hydrogen-bond donors (Lipinski definition) is 1. The van der Waals surface area contributed by atoms with Crippen LogP contribution in [0.5, 0.6) is 0 Å². The van der Waals surface area contributed by atoms with Crippen molar-refractivity contribution in [2.75, 3.05) is 52.4 Å². The first-order valence-corrected chi connectivity index (χ1v) is 8.47. The molecule has 0 heterocycles. The van der Waals surface area contributed by atoms with Gasteiger partial charge in [0.05, 0.1) is 6.61 Å². The summed E-state index contributed by atoms with van der Waals surface area (Å²) in [5.41, 5.74) is 0. The fourth-order valence-electron chi connectivity index (χ4n) is 2.41. The lowest BCUT2D eigenvalue weighted by Crippen LogP contribution is -2.47. The third-order valence-corrected chi connectivity index (χ3v) is 3.75. The van der Waals surface area contributed by atoms with E-state index in [1.807, 2.05) is 13.8 Å². The van der Waals surface area contributed by atoms with Gasteiger partial charge in [0.1, 0.15) is 6.04 Å². The number of nitrogens with zero attached hydrogens (tertiary/aromatic N) is 2. The second kappa shape index (κ2) is 13.0. The summed E-state index contributed by atoms with van der Waals surface area (Å²) in [6, 6.07) is -0.219. The Labute approximate surface area is 131 Å². The van der Waals surface area contributed by atoms with Crippen molar-refractivity contribution in [3.63, 3.8) is 0 Å². The van der Waals surface area contributed by atoms with Crippen LogP contribution in [0.15, 0.2) is 0 Å². The normalized spacial score (nSPS) is 12.9. The van der Waals surface area contributed by atoms with E-state index < -0.39 is 0 Å². The molecule has 0 bridgehead atoms. The van der Waals surface area contributed by atoms with Gasteiger partial charge in [-0.25, -0.2) is 0 Å². The smallest absolute Gasteiger partial charge is 0.324 e. The van der Waals surface area contributed by atoms with Crippen molar-refractivity contribution in [2.45, 2.75) is 47.1 Å². The summed E-state index contributed by atoms with van der Waals surface area (Å²) in [7, 11) is 0. The van der Waals surface area contributed by atoms with Crippen molar-refractivity contribution in [3.05, 3.63) is 0 Å². The summed E-state index contributed by atoms with van der Waals surface area (Å²) in [6.07, 6.45) is 1.14. The minimum absolute atomic E-state index is 0.137. The highest BCUT2D eigenvalue weighted by atomic mass is 16.5. The first kappa shape index (κ1) is 20.3. The summed E-state index contributed by atoms with van der Waals surface area (Å²) in [4.78, 5) is 16.7. The minimum atomic E-state index is -0.219. The molecule has 0 spiro atoms. The molecule has 5 heteroatoms. The Balaban J connectivity index is 4.26. The molecule has 1 atom stereocenters. The number of carbonyl (C=O) groups is 1. The van der Waals surface area contributed by atoms with Crippen molar-refractivity contribution < 1.29 is 9.53 Å². The van der Waals surface area contributed by atoms with E-state index in [2.05, 4.69) is 35.9 Å². The van der Waals surface area contributed by atoms with Crippen LogP contribution in [0.2, 0.25) is 0 Å². The molecule has 0 radical (unpaired) electrons. The van der Waals surface area contributed by atoms with Crippen LogP contribution < -0.4 is 5.32 Å². The standard InChI is InChI=1S/C16H35N3O2/c1-6-17-15(16(20)21-10-5)14-19(9-4)13-11-12-18(7-2)8-3/h15,17H,6-14H2,1-5H3. The Morgan fingerprint density at radius 1 is 1.00 bits per heavy atom. The van der Waals surface area contributed by atoms with E-state index in [1.54, 1.807) is 0 Å². The van der Waals surface area contributed by atoms with Crippen LogP contribution in [0.3, 0.4) is 0 Å². The molecule has 0 aromatic carbocycles. The molecule has 21 heavy (non-hydrogen) atoms. The maximum atomic E-state index is 11.9. The van der Waals surface area contributed by atoms with Gasteiger partial charge in [-0.3, -0.25) is 4.79 Å². The second-order valence-corrected chi connectivity index (χ2v) is 5.14. The molecule has 0 aromatic rings. The number of ether oxygens (including phenoxy) is 1. The number of likely N-dealkylation sites (N-methyl/N-ethyl adjacent to an activating group) is 2. The molecule has 0 aliphatic heterocycles. The van der Waals surface area contributed by atoms with Gasteiger partial charge in [0, 0.05) is 6.54 Å². The van der Waals surface area contributed by atoms with Crippen LogP contribution in [0.1, 0.15) is 41.0 Å². The topological polar surface area (TPSA) is 44.8 Å². The monoisotopic (exact) mass is 301 g/mol. The number of nitrogens with one attached hydrogen (secondary N) is 1. The van der Waals surface area contributed by atoms with E-state index in [4.69, 9.17) is 4.74 Å². The van der Waals surface area contributed by atoms with Crippen LogP contribution >= 0.6 is 0 Å². The van der Waals surface area contributed by atoms with Crippen LogP contribution in [-0.4, -0.2) is 74.2 Å². The first-order valence-electron chi connectivity index (χ1n) is 8.47. The molecule has 0 rings (SSSR count). The van der Waals surface area contributed by atoms with Gasteiger partial charge in [0.15, 0.2) is 0 Å². The van der Waals surface area contributed by atoms with E-state index in [1.165, 1.54) is 0 Å². The minimum Gasteiger partial charge on any atom is -0.465 e. The van der Waals surface area contributed by atoms with Gasteiger partial charge in [0.2, 0.25) is 0 Å². The molecule has 0 fully saturated rings. The Hall–Kier alpha value is -0.650. The molecule has 126 valence electrons. The van der Waals surface area contributed by atoms with Crippen molar-refractivity contribution in [1.29, 1.82) is 0 Å². The van der Waals surface area contributed by atoms with Crippen LogP contribution in [-0.2, 0) is 9.53 Å². The van der Waals surface area contributed by atoms with E-state index in [0.29, 0.717) is 6.61 Å². The average Bonchev–Trinajstić information content (AvgIpc) is 2.49. The van der Waals surface area contributed by atoms with Gasteiger partial charge in [0.25, 0.3) is 0 Å². The van der Waals surface area contributed by atoms with E-state index in [-0.39, 0.29) is 12.0 Å². The molecule has 1 N–H and O–H groups in total. The lowest BCUT2D eigenvalue weighted by Gasteiger charge is -2.27. The van der Waals surface area contributed by atoms with Crippen LogP contribution in [0.4, 0.5) is 0 Å². The fraction of sp³-hybridized carbons (Fsp3) is 0.938. The maximum Gasteiger partial charge on any atom is 0.324 e. The molecule has 0 saturated heterocycles. The zero-order chi connectivity index (χ0) is 16.1. The molecule has 1 unspecified atom stereocenters. The SMILES string of the molecule is CCNC(CN(CC)CCCN(CC)CC)C(=O)OCC. The summed E-state index contributed by atoms with van der Waals surface area (Å²) in [5.74, 6) is -0.137. The van der Waals surface area contributed by atoms with Crippen molar-refractivity contribution >= 4 is 5.97 Å². The number of esters is 1. The highest BCUT2D eigenvalue weighted by Crippen LogP contribution is 2.00. The molecule has 0 amide bonds. The van der Waals surface area contributed by atoms with Crippen molar-refractivity contribution in [2.24, 2.45) is 0 Å². The maximum absolute atomic E-state index is 11.9. The van der Waals surface area contributed by atoms with Crippen LogP contribution in [0, 0.1) is 0 Å². The third-order valence-electron chi connectivity index (χ3n) is 3.75. The summed E-state index contributed by atoms with van der Waals surface area (Å²) >= 11 is 0. The molecular formula is C16H35N3O2. The average molecular weight is 301 g/mol.